The lowest BCUT2D eigenvalue weighted by molar-refractivity contribution is -0.651. The van der Waals surface area contributed by atoms with E-state index < -0.39 is 0 Å². The fraction of sp³-hybridized carbons (Fsp3) is 0.278. The van der Waals surface area contributed by atoms with E-state index in [1.54, 1.807) is 0 Å². The number of hydrazine groups is 1. The minimum atomic E-state index is 0.562. The second-order valence-corrected chi connectivity index (χ2v) is 5.98. The average molecular weight is 322 g/mol. The minimum absolute atomic E-state index is 0.562. The van der Waals surface area contributed by atoms with Crippen LogP contribution in [0.3, 0.4) is 0 Å². The quantitative estimate of drug-likeness (QED) is 0.752. The first-order valence-corrected chi connectivity index (χ1v) is 8.05. The Kier molecular flexibility index (Phi) is 3.45. The molecule has 6 nitrogen and oxygen atoms in total. The van der Waals surface area contributed by atoms with Crippen molar-refractivity contribution >= 4 is 16.8 Å². The predicted octanol–water partition coefficient (Wildman–Crippen LogP) is 2.41. The van der Waals surface area contributed by atoms with Crippen molar-refractivity contribution in [2.45, 2.75) is 13.3 Å². The third-order valence-corrected chi connectivity index (χ3v) is 4.46. The summed E-state index contributed by atoms with van der Waals surface area (Å²) in [4.78, 5) is 4.37. The van der Waals surface area contributed by atoms with E-state index in [1.807, 2.05) is 42.1 Å². The van der Waals surface area contributed by atoms with Crippen LogP contribution in [0.5, 0.6) is 0 Å². The van der Waals surface area contributed by atoms with Gasteiger partial charge in [0.25, 0.3) is 0 Å². The molecule has 0 radical (unpaired) electrons. The third kappa shape index (κ3) is 2.31. The number of aryl methyl sites for hydroxylation is 1. The van der Waals surface area contributed by atoms with Gasteiger partial charge in [-0.15, -0.1) is 5.01 Å². The van der Waals surface area contributed by atoms with Crippen molar-refractivity contribution in [3.8, 4) is 11.3 Å². The number of aromatic amines is 1. The summed E-state index contributed by atoms with van der Waals surface area (Å²) in [6, 6.07) is 10.3. The van der Waals surface area contributed by atoms with Crippen LogP contribution < -0.4 is 0 Å². The molecule has 0 amide bonds. The first kappa shape index (κ1) is 14.7. The Balaban J connectivity index is 1.85. The molecule has 122 valence electrons. The van der Waals surface area contributed by atoms with E-state index in [0.717, 1.165) is 45.7 Å². The van der Waals surface area contributed by atoms with Crippen molar-refractivity contribution in [3.63, 3.8) is 0 Å². The molecule has 24 heavy (non-hydrogen) atoms. The van der Waals surface area contributed by atoms with E-state index in [-0.39, 0.29) is 0 Å². The van der Waals surface area contributed by atoms with Gasteiger partial charge in [-0.1, -0.05) is 11.6 Å². The van der Waals surface area contributed by atoms with Crippen LogP contribution in [0.2, 0.25) is 0 Å². The topological polar surface area (TPSA) is 57.0 Å². The lowest BCUT2D eigenvalue weighted by atomic mass is 10.1. The van der Waals surface area contributed by atoms with E-state index in [4.69, 9.17) is 4.74 Å². The molecule has 3 aromatic rings. The molecule has 4 rings (SSSR count). The highest BCUT2D eigenvalue weighted by Gasteiger charge is 2.28. The second-order valence-electron chi connectivity index (χ2n) is 5.98. The molecular weight excluding hydrogens is 302 g/mol. The van der Waals surface area contributed by atoms with Crippen LogP contribution in [0.1, 0.15) is 18.2 Å². The number of pyridine rings is 1. The summed E-state index contributed by atoms with van der Waals surface area (Å²) in [6.45, 7) is 2.67. The van der Waals surface area contributed by atoms with E-state index in [1.165, 1.54) is 0 Å². The minimum Gasteiger partial charge on any atom is -0.416 e. The second kappa shape index (κ2) is 5.63. The largest absolute Gasteiger partial charge is 0.416 e. The number of nitrogens with one attached hydrogen (secondary N) is 1. The summed E-state index contributed by atoms with van der Waals surface area (Å²) in [5.74, 6) is 0.857. The highest BCUT2D eigenvalue weighted by molar-refractivity contribution is 5.99. The molecule has 1 N–H and O–H groups in total. The highest BCUT2D eigenvalue weighted by atomic mass is 16.5. The molecule has 0 saturated carbocycles. The van der Waals surface area contributed by atoms with Gasteiger partial charge in [0.2, 0.25) is 6.73 Å². The molecule has 1 aliphatic rings. The molecule has 0 bridgehead atoms. The van der Waals surface area contributed by atoms with Crippen LogP contribution in [-0.2, 0) is 11.2 Å². The summed E-state index contributed by atoms with van der Waals surface area (Å²) in [6.07, 6.45) is 2.75. The lowest BCUT2D eigenvalue weighted by Gasteiger charge is -2.02. The van der Waals surface area contributed by atoms with Gasteiger partial charge in [-0.25, -0.2) is 0 Å². The van der Waals surface area contributed by atoms with Gasteiger partial charge in [0, 0.05) is 22.8 Å². The van der Waals surface area contributed by atoms with E-state index >= 15 is 0 Å². The summed E-state index contributed by atoms with van der Waals surface area (Å²) in [5, 5.41) is 10.7. The number of H-pyrrole nitrogens is 1. The standard InChI is InChI=1S/C18H19N5O/c1-4-14-9-12(7-8-19-14)17-15-10-13(5-6-16(15)20-21-17)18-23(3)22(2)11-24-18/h5-10H,4,11H2,1-3H3/p+1. The van der Waals surface area contributed by atoms with Gasteiger partial charge in [-0.3, -0.25) is 10.1 Å². The summed E-state index contributed by atoms with van der Waals surface area (Å²) in [5.41, 5.74) is 5.14. The molecule has 1 aromatic carbocycles. The molecule has 0 fully saturated rings. The number of nitrogens with zero attached hydrogens (tertiary/aromatic N) is 4. The normalized spacial score (nSPS) is 14.5. The Morgan fingerprint density at radius 3 is 2.88 bits per heavy atom. The molecule has 1 aliphatic heterocycles. The van der Waals surface area contributed by atoms with Gasteiger partial charge in [0.1, 0.15) is 5.69 Å². The fourth-order valence-electron chi connectivity index (χ4n) is 2.95. The number of hydrogen-bond acceptors (Lipinski definition) is 4. The van der Waals surface area contributed by atoms with Gasteiger partial charge in [-0.2, -0.15) is 5.10 Å². The molecule has 0 atom stereocenters. The first-order valence-electron chi connectivity index (χ1n) is 8.05. The number of hydrogen-bond donors (Lipinski definition) is 1. The molecular formula is C18H20N5O+. The Bertz CT molecular complexity index is 943. The first-order chi connectivity index (χ1) is 11.7. The zero-order valence-electron chi connectivity index (χ0n) is 14.1. The van der Waals surface area contributed by atoms with Crippen molar-refractivity contribution < 1.29 is 9.42 Å². The predicted molar refractivity (Wildman–Crippen MR) is 92.7 cm³/mol. The molecule has 3 heterocycles. The number of ether oxygens (including phenoxy) is 1. The van der Waals surface area contributed by atoms with Crippen LogP contribution in [0.15, 0.2) is 36.5 Å². The average Bonchev–Trinajstić information content (AvgIpc) is 3.18. The van der Waals surface area contributed by atoms with Gasteiger partial charge < -0.3 is 4.74 Å². The summed E-state index contributed by atoms with van der Waals surface area (Å²) < 4.78 is 7.82. The number of rotatable bonds is 3. The van der Waals surface area contributed by atoms with E-state index in [2.05, 4.69) is 40.3 Å². The molecule has 0 spiro atoms. The van der Waals surface area contributed by atoms with Crippen molar-refractivity contribution in [2.24, 2.45) is 0 Å². The molecule has 2 aromatic heterocycles. The summed E-state index contributed by atoms with van der Waals surface area (Å²) >= 11 is 0. The maximum atomic E-state index is 5.80. The van der Waals surface area contributed by atoms with E-state index in [0.29, 0.717) is 6.73 Å². The van der Waals surface area contributed by atoms with Crippen LogP contribution >= 0.6 is 0 Å². The van der Waals surface area contributed by atoms with Gasteiger partial charge >= 0.3 is 5.90 Å². The van der Waals surface area contributed by atoms with Crippen LogP contribution in [0.25, 0.3) is 22.2 Å². The Morgan fingerprint density at radius 1 is 1.25 bits per heavy atom. The van der Waals surface area contributed by atoms with Crippen molar-refractivity contribution in [1.29, 1.82) is 0 Å². The van der Waals surface area contributed by atoms with Crippen LogP contribution in [0.4, 0.5) is 0 Å². The Labute approximate surface area is 140 Å². The molecule has 0 unspecified atom stereocenters. The lowest BCUT2D eigenvalue weighted by Crippen LogP contribution is -2.24. The van der Waals surface area contributed by atoms with Crippen molar-refractivity contribution in [2.75, 3.05) is 20.8 Å². The maximum Gasteiger partial charge on any atom is 0.400 e. The Morgan fingerprint density at radius 2 is 2.12 bits per heavy atom. The van der Waals surface area contributed by atoms with Gasteiger partial charge in [0.15, 0.2) is 7.05 Å². The van der Waals surface area contributed by atoms with Crippen LogP contribution in [0, 0.1) is 0 Å². The Hall–Kier alpha value is -2.89. The van der Waals surface area contributed by atoms with Crippen molar-refractivity contribution in [1.82, 2.24) is 20.2 Å². The molecule has 0 aliphatic carbocycles. The third-order valence-electron chi connectivity index (χ3n) is 4.46. The number of aromatic nitrogens is 3. The molecule has 6 heteroatoms. The summed E-state index contributed by atoms with van der Waals surface area (Å²) in [7, 11) is 4.00. The maximum absolute atomic E-state index is 5.80. The van der Waals surface area contributed by atoms with Gasteiger partial charge in [-0.05, 0) is 36.8 Å². The number of fused-ring (bicyclic) bond motifs is 1. The molecule has 0 saturated heterocycles. The monoisotopic (exact) mass is 322 g/mol. The van der Waals surface area contributed by atoms with Gasteiger partial charge in [0.05, 0.1) is 18.1 Å². The zero-order chi connectivity index (χ0) is 16.7. The zero-order valence-corrected chi connectivity index (χ0v) is 14.1. The SMILES string of the molecule is CCc1cc(-c2n[nH]c3ccc(C4=[N+](C)N(C)CO4)cc23)ccn1. The number of hydrazone groups is 1. The van der Waals surface area contributed by atoms with Crippen molar-refractivity contribution in [3.05, 3.63) is 47.8 Å². The number of benzene rings is 1. The van der Waals surface area contributed by atoms with E-state index in [9.17, 15) is 0 Å². The van der Waals surface area contributed by atoms with Crippen LogP contribution in [-0.4, -0.2) is 51.6 Å². The highest BCUT2D eigenvalue weighted by Crippen LogP contribution is 2.28. The fourth-order valence-corrected chi connectivity index (χ4v) is 2.95. The smallest absolute Gasteiger partial charge is 0.400 e.